The van der Waals surface area contributed by atoms with Crippen LogP contribution in [0.25, 0.3) is 6.08 Å². The molecule has 1 atom stereocenters. The molecule has 4 heteroatoms. The molecule has 0 aliphatic heterocycles. The van der Waals surface area contributed by atoms with Crippen molar-refractivity contribution < 1.29 is 0 Å². The minimum atomic E-state index is 0.179. The van der Waals surface area contributed by atoms with Crippen LogP contribution in [0.15, 0.2) is 40.4 Å². The van der Waals surface area contributed by atoms with Gasteiger partial charge in [-0.05, 0) is 52.6 Å². The van der Waals surface area contributed by atoms with Crippen LogP contribution in [0.3, 0.4) is 0 Å². The number of nitrogens with zero attached hydrogens (tertiary/aromatic N) is 2. The van der Waals surface area contributed by atoms with Crippen LogP contribution in [0, 0.1) is 17.4 Å². The standard InChI is InChI=1S/C18H20N2S2/c19-14-20(10-8-15-6-7-15)17(18-5-2-11-22-18)4-1-3-16-9-12-21-13-16/h1-3,5,9,11-13,15,17H,4,6-8,10H2/b3-1+. The van der Waals surface area contributed by atoms with Gasteiger partial charge in [-0.3, -0.25) is 0 Å². The molecule has 0 N–H and O–H groups in total. The van der Waals surface area contributed by atoms with E-state index < -0.39 is 0 Å². The Hall–Kier alpha value is -1.57. The van der Waals surface area contributed by atoms with Crippen LogP contribution in [0.2, 0.25) is 0 Å². The Morgan fingerprint density at radius 3 is 2.91 bits per heavy atom. The van der Waals surface area contributed by atoms with Gasteiger partial charge in [-0.1, -0.05) is 31.1 Å². The summed E-state index contributed by atoms with van der Waals surface area (Å²) in [6, 6.07) is 6.52. The average Bonchev–Trinajstić information content (AvgIpc) is 3.01. The summed E-state index contributed by atoms with van der Waals surface area (Å²) in [5.74, 6) is 0.862. The van der Waals surface area contributed by atoms with Crippen molar-refractivity contribution in [2.75, 3.05) is 6.54 Å². The molecule has 1 saturated carbocycles. The van der Waals surface area contributed by atoms with E-state index in [-0.39, 0.29) is 6.04 Å². The molecule has 22 heavy (non-hydrogen) atoms. The Morgan fingerprint density at radius 1 is 1.36 bits per heavy atom. The lowest BCUT2D eigenvalue weighted by molar-refractivity contribution is 0.289. The fraction of sp³-hybridized carbons (Fsp3) is 0.389. The second kappa shape index (κ2) is 7.62. The van der Waals surface area contributed by atoms with Crippen LogP contribution < -0.4 is 0 Å². The van der Waals surface area contributed by atoms with Crippen molar-refractivity contribution >= 4 is 28.7 Å². The van der Waals surface area contributed by atoms with Crippen molar-refractivity contribution in [2.24, 2.45) is 5.92 Å². The zero-order valence-electron chi connectivity index (χ0n) is 12.5. The van der Waals surface area contributed by atoms with E-state index in [1.165, 1.54) is 23.3 Å². The van der Waals surface area contributed by atoms with Gasteiger partial charge in [0.1, 0.15) is 0 Å². The van der Waals surface area contributed by atoms with E-state index >= 15 is 0 Å². The molecular weight excluding hydrogens is 308 g/mol. The first kappa shape index (κ1) is 15.3. The third kappa shape index (κ3) is 4.22. The minimum Gasteiger partial charge on any atom is -0.302 e. The van der Waals surface area contributed by atoms with Crippen LogP contribution in [-0.4, -0.2) is 11.4 Å². The Morgan fingerprint density at radius 2 is 2.27 bits per heavy atom. The van der Waals surface area contributed by atoms with Crippen molar-refractivity contribution in [3.8, 4) is 6.19 Å². The predicted octanol–water partition coefficient (Wildman–Crippen LogP) is 5.54. The minimum absolute atomic E-state index is 0.179. The molecule has 0 aromatic carbocycles. The number of nitriles is 1. The summed E-state index contributed by atoms with van der Waals surface area (Å²) in [5.41, 5.74) is 1.25. The zero-order chi connectivity index (χ0) is 15.2. The lowest BCUT2D eigenvalue weighted by atomic mass is 10.1. The predicted molar refractivity (Wildman–Crippen MR) is 94.7 cm³/mol. The zero-order valence-corrected chi connectivity index (χ0v) is 14.2. The van der Waals surface area contributed by atoms with Gasteiger partial charge in [0.15, 0.2) is 6.19 Å². The number of rotatable bonds is 8. The van der Waals surface area contributed by atoms with E-state index in [1.807, 2.05) is 4.90 Å². The highest BCUT2D eigenvalue weighted by atomic mass is 32.1. The number of hydrogen-bond donors (Lipinski definition) is 0. The van der Waals surface area contributed by atoms with Gasteiger partial charge in [-0.2, -0.15) is 16.6 Å². The van der Waals surface area contributed by atoms with E-state index in [0.717, 1.165) is 25.3 Å². The molecule has 1 unspecified atom stereocenters. The Balaban J connectivity index is 1.67. The first-order valence-corrected chi connectivity index (χ1v) is 9.57. The molecule has 2 aromatic heterocycles. The quantitative estimate of drug-likeness (QED) is 0.470. The molecule has 0 amide bonds. The maximum atomic E-state index is 9.57. The van der Waals surface area contributed by atoms with Crippen LogP contribution in [0.1, 0.15) is 42.2 Å². The van der Waals surface area contributed by atoms with Crippen molar-refractivity contribution in [1.29, 1.82) is 5.26 Å². The van der Waals surface area contributed by atoms with Gasteiger partial charge < -0.3 is 4.90 Å². The highest BCUT2D eigenvalue weighted by molar-refractivity contribution is 7.10. The molecule has 0 saturated heterocycles. The monoisotopic (exact) mass is 328 g/mol. The van der Waals surface area contributed by atoms with Crippen LogP contribution in [-0.2, 0) is 0 Å². The highest BCUT2D eigenvalue weighted by Crippen LogP contribution is 2.34. The maximum Gasteiger partial charge on any atom is 0.179 e. The molecule has 2 aromatic rings. The summed E-state index contributed by atoms with van der Waals surface area (Å²) in [4.78, 5) is 3.26. The second-order valence-electron chi connectivity index (χ2n) is 5.75. The third-order valence-corrected chi connectivity index (χ3v) is 5.74. The Labute approximate surface area is 140 Å². The van der Waals surface area contributed by atoms with Crippen molar-refractivity contribution in [2.45, 2.75) is 31.7 Å². The molecular formula is C18H20N2S2. The number of hydrogen-bond acceptors (Lipinski definition) is 4. The summed E-state index contributed by atoms with van der Waals surface area (Å²) in [6.45, 7) is 0.885. The fourth-order valence-corrected chi connectivity index (χ4v) is 4.06. The number of thiophene rings is 2. The Bertz CT molecular complexity index is 619. The van der Waals surface area contributed by atoms with E-state index in [2.05, 4.69) is 52.7 Å². The van der Waals surface area contributed by atoms with E-state index in [4.69, 9.17) is 0 Å². The fourth-order valence-electron chi connectivity index (χ4n) is 2.58. The summed E-state index contributed by atoms with van der Waals surface area (Å²) >= 11 is 3.46. The molecule has 0 bridgehead atoms. The van der Waals surface area contributed by atoms with E-state index in [9.17, 15) is 5.26 Å². The molecule has 2 nitrogen and oxygen atoms in total. The smallest absolute Gasteiger partial charge is 0.179 e. The van der Waals surface area contributed by atoms with Gasteiger partial charge in [0, 0.05) is 11.4 Å². The van der Waals surface area contributed by atoms with Crippen LogP contribution in [0.5, 0.6) is 0 Å². The van der Waals surface area contributed by atoms with Gasteiger partial charge in [0.25, 0.3) is 0 Å². The van der Waals surface area contributed by atoms with Crippen LogP contribution >= 0.6 is 22.7 Å². The third-order valence-electron chi connectivity index (χ3n) is 4.06. The maximum absolute atomic E-state index is 9.57. The van der Waals surface area contributed by atoms with Gasteiger partial charge in [0.05, 0.1) is 6.04 Å². The first-order chi connectivity index (χ1) is 10.9. The molecule has 1 aliphatic carbocycles. The summed E-state index contributed by atoms with van der Waals surface area (Å²) in [7, 11) is 0. The SMILES string of the molecule is N#CN(CCC1CC1)C(C/C=C/c1ccsc1)c1cccs1. The summed E-state index contributed by atoms with van der Waals surface area (Å²) in [5, 5.41) is 15.9. The highest BCUT2D eigenvalue weighted by Gasteiger charge is 2.25. The first-order valence-electron chi connectivity index (χ1n) is 7.75. The summed E-state index contributed by atoms with van der Waals surface area (Å²) < 4.78 is 0. The molecule has 114 valence electrons. The lowest BCUT2D eigenvalue weighted by Crippen LogP contribution is -2.24. The van der Waals surface area contributed by atoms with Crippen molar-refractivity contribution in [3.05, 3.63) is 50.9 Å². The molecule has 1 aliphatic rings. The van der Waals surface area contributed by atoms with Gasteiger partial charge in [0.2, 0.25) is 0 Å². The topological polar surface area (TPSA) is 27.0 Å². The average molecular weight is 329 g/mol. The lowest BCUT2D eigenvalue weighted by Gasteiger charge is -2.25. The Kier molecular flexibility index (Phi) is 5.31. The molecule has 0 spiro atoms. The van der Waals surface area contributed by atoms with Crippen molar-refractivity contribution in [1.82, 2.24) is 4.90 Å². The van der Waals surface area contributed by atoms with Crippen LogP contribution in [0.4, 0.5) is 0 Å². The molecule has 3 rings (SSSR count). The normalized spacial score (nSPS) is 15.8. The summed E-state index contributed by atoms with van der Waals surface area (Å²) in [6.07, 6.45) is 11.5. The van der Waals surface area contributed by atoms with Gasteiger partial charge >= 0.3 is 0 Å². The van der Waals surface area contributed by atoms with Gasteiger partial charge in [-0.15, -0.1) is 11.3 Å². The molecule has 0 radical (unpaired) electrons. The van der Waals surface area contributed by atoms with Gasteiger partial charge in [-0.25, -0.2) is 0 Å². The largest absolute Gasteiger partial charge is 0.302 e. The molecule has 2 heterocycles. The second-order valence-corrected chi connectivity index (χ2v) is 7.51. The molecule has 1 fully saturated rings. The van der Waals surface area contributed by atoms with Crippen molar-refractivity contribution in [3.63, 3.8) is 0 Å². The van der Waals surface area contributed by atoms with E-state index in [0.29, 0.717) is 0 Å². The van der Waals surface area contributed by atoms with E-state index in [1.54, 1.807) is 22.7 Å².